The van der Waals surface area contributed by atoms with E-state index in [1.54, 1.807) is 0 Å². The third-order valence-electron chi connectivity index (χ3n) is 1.82. The van der Waals surface area contributed by atoms with E-state index in [0.29, 0.717) is 0 Å². The van der Waals surface area contributed by atoms with Gasteiger partial charge in [-0.2, -0.15) is 0 Å². The Bertz CT molecular complexity index is 297. The number of hydrogen-bond acceptors (Lipinski definition) is 3. The van der Waals surface area contributed by atoms with E-state index in [4.69, 9.17) is 10.5 Å². The zero-order valence-electron chi connectivity index (χ0n) is 7.67. The largest absolute Gasteiger partial charge is 0.392 e. The Balaban J connectivity index is 3.00. The summed E-state index contributed by atoms with van der Waals surface area (Å²) >= 11 is 0. The highest BCUT2D eigenvalue weighted by molar-refractivity contribution is 5.86. The lowest BCUT2D eigenvalue weighted by Crippen LogP contribution is -2.01. The maximum atomic E-state index is 8.88. The molecule has 1 aromatic rings. The summed E-state index contributed by atoms with van der Waals surface area (Å²) in [7, 11) is 0. The lowest BCUT2D eigenvalue weighted by molar-refractivity contribution is 0.282. The Kier molecular flexibility index (Phi) is 3.46. The van der Waals surface area contributed by atoms with E-state index in [9.17, 15) is 0 Å². The molecule has 0 aliphatic carbocycles. The molecule has 0 saturated carbocycles. The van der Waals surface area contributed by atoms with E-state index >= 15 is 0 Å². The van der Waals surface area contributed by atoms with Crippen molar-refractivity contribution in [2.45, 2.75) is 13.5 Å². The summed E-state index contributed by atoms with van der Waals surface area (Å²) in [6, 6.07) is 5.55. The van der Waals surface area contributed by atoms with E-state index in [-0.39, 0.29) is 6.61 Å². The number of anilines is 1. The molecule has 3 nitrogen and oxygen atoms in total. The van der Waals surface area contributed by atoms with Gasteiger partial charge in [0.25, 0.3) is 0 Å². The molecule has 0 heterocycles. The summed E-state index contributed by atoms with van der Waals surface area (Å²) < 4.78 is 0. The van der Waals surface area contributed by atoms with E-state index in [1.807, 2.05) is 25.1 Å². The van der Waals surface area contributed by atoms with E-state index in [2.05, 4.69) is 5.32 Å². The third kappa shape index (κ3) is 2.29. The van der Waals surface area contributed by atoms with Crippen LogP contribution in [-0.4, -0.2) is 17.9 Å². The van der Waals surface area contributed by atoms with Crippen LogP contribution in [0, 0.1) is 5.41 Å². The maximum absolute atomic E-state index is 8.88. The Morgan fingerprint density at radius 2 is 2.31 bits per heavy atom. The molecule has 0 fully saturated rings. The predicted molar refractivity (Wildman–Crippen MR) is 54.4 cm³/mol. The summed E-state index contributed by atoms with van der Waals surface area (Å²) in [5, 5.41) is 19.2. The molecule has 70 valence electrons. The SMILES string of the molecule is CCNc1ccc(CO)cc1C=N. The second-order valence-corrected chi connectivity index (χ2v) is 2.75. The van der Waals surface area contributed by atoms with Gasteiger partial charge in [0.15, 0.2) is 0 Å². The van der Waals surface area contributed by atoms with Crippen molar-refractivity contribution in [3.05, 3.63) is 29.3 Å². The fraction of sp³-hybridized carbons (Fsp3) is 0.300. The maximum Gasteiger partial charge on any atom is 0.0682 e. The second kappa shape index (κ2) is 4.62. The molecular formula is C10H14N2O. The van der Waals surface area contributed by atoms with Crippen LogP contribution < -0.4 is 5.32 Å². The minimum atomic E-state index is 0.0211. The number of nitrogens with one attached hydrogen (secondary N) is 2. The predicted octanol–water partition coefficient (Wildman–Crippen LogP) is 1.61. The normalized spacial score (nSPS) is 9.69. The van der Waals surface area contributed by atoms with Crippen molar-refractivity contribution >= 4 is 11.9 Å². The molecule has 0 aliphatic heterocycles. The van der Waals surface area contributed by atoms with Crippen LogP contribution in [0.1, 0.15) is 18.1 Å². The van der Waals surface area contributed by atoms with E-state index < -0.39 is 0 Å². The van der Waals surface area contributed by atoms with Gasteiger partial charge >= 0.3 is 0 Å². The van der Waals surface area contributed by atoms with Crippen LogP contribution in [-0.2, 0) is 6.61 Å². The van der Waals surface area contributed by atoms with Crippen LogP contribution >= 0.6 is 0 Å². The molecule has 0 saturated heterocycles. The van der Waals surface area contributed by atoms with Gasteiger partial charge in [-0.15, -0.1) is 0 Å². The van der Waals surface area contributed by atoms with Crippen molar-refractivity contribution in [3.63, 3.8) is 0 Å². The van der Waals surface area contributed by atoms with Gasteiger partial charge in [0.1, 0.15) is 0 Å². The number of rotatable bonds is 4. The molecule has 0 unspecified atom stereocenters. The summed E-state index contributed by atoms with van der Waals surface area (Å²) in [5.41, 5.74) is 2.59. The van der Waals surface area contributed by atoms with E-state index in [0.717, 1.165) is 23.4 Å². The molecule has 0 bridgehead atoms. The summed E-state index contributed by atoms with van der Waals surface area (Å²) in [6.45, 7) is 2.86. The van der Waals surface area contributed by atoms with Crippen LogP contribution in [0.2, 0.25) is 0 Å². The van der Waals surface area contributed by atoms with Gasteiger partial charge in [0, 0.05) is 24.0 Å². The molecule has 0 amide bonds. The topological polar surface area (TPSA) is 56.1 Å². The Hall–Kier alpha value is -1.35. The zero-order valence-corrected chi connectivity index (χ0v) is 7.67. The van der Waals surface area contributed by atoms with Gasteiger partial charge in [-0.1, -0.05) is 6.07 Å². The number of hydrogen-bond donors (Lipinski definition) is 3. The molecule has 3 N–H and O–H groups in total. The van der Waals surface area contributed by atoms with Crippen LogP contribution in [0.4, 0.5) is 5.69 Å². The smallest absolute Gasteiger partial charge is 0.0682 e. The molecule has 0 atom stereocenters. The molecule has 3 heteroatoms. The molecule has 0 spiro atoms. The third-order valence-corrected chi connectivity index (χ3v) is 1.82. The Morgan fingerprint density at radius 3 is 2.85 bits per heavy atom. The lowest BCUT2D eigenvalue weighted by Gasteiger charge is -2.07. The lowest BCUT2D eigenvalue weighted by atomic mass is 10.1. The van der Waals surface area contributed by atoms with Crippen molar-refractivity contribution in [3.8, 4) is 0 Å². The molecule has 1 rings (SSSR count). The molecule has 1 aromatic carbocycles. The van der Waals surface area contributed by atoms with Crippen LogP contribution in [0.25, 0.3) is 0 Å². The molecular weight excluding hydrogens is 164 g/mol. The Labute approximate surface area is 77.9 Å². The average Bonchev–Trinajstić information content (AvgIpc) is 2.19. The highest BCUT2D eigenvalue weighted by Crippen LogP contribution is 2.15. The second-order valence-electron chi connectivity index (χ2n) is 2.75. The van der Waals surface area contributed by atoms with Crippen LogP contribution in [0.15, 0.2) is 18.2 Å². The minimum absolute atomic E-state index is 0.0211. The summed E-state index contributed by atoms with van der Waals surface area (Å²) in [5.74, 6) is 0. The monoisotopic (exact) mass is 178 g/mol. The standard InChI is InChI=1S/C10H14N2O/c1-2-12-10-4-3-8(7-13)5-9(10)6-11/h3-6,11-13H,2,7H2,1H3. The number of benzene rings is 1. The van der Waals surface area contributed by atoms with Gasteiger partial charge < -0.3 is 15.8 Å². The van der Waals surface area contributed by atoms with Gasteiger partial charge in [-0.3, -0.25) is 0 Å². The first-order chi connectivity index (χ1) is 6.31. The first-order valence-electron chi connectivity index (χ1n) is 4.30. The van der Waals surface area contributed by atoms with Gasteiger partial charge in [0.2, 0.25) is 0 Å². The fourth-order valence-electron chi connectivity index (χ4n) is 1.18. The number of aliphatic hydroxyl groups is 1. The Morgan fingerprint density at radius 1 is 1.54 bits per heavy atom. The highest BCUT2D eigenvalue weighted by Gasteiger charge is 1.99. The van der Waals surface area contributed by atoms with Gasteiger partial charge in [-0.05, 0) is 24.6 Å². The van der Waals surface area contributed by atoms with Crippen LogP contribution in [0.3, 0.4) is 0 Å². The first-order valence-corrected chi connectivity index (χ1v) is 4.30. The van der Waals surface area contributed by atoms with Crippen molar-refractivity contribution in [2.24, 2.45) is 0 Å². The molecule has 0 aromatic heterocycles. The van der Waals surface area contributed by atoms with Gasteiger partial charge in [-0.25, -0.2) is 0 Å². The average molecular weight is 178 g/mol. The molecule has 13 heavy (non-hydrogen) atoms. The molecule has 0 aliphatic rings. The van der Waals surface area contributed by atoms with Crippen LogP contribution in [0.5, 0.6) is 0 Å². The summed E-state index contributed by atoms with van der Waals surface area (Å²) in [6.07, 6.45) is 1.29. The fourth-order valence-corrected chi connectivity index (χ4v) is 1.18. The first kappa shape index (κ1) is 9.74. The van der Waals surface area contributed by atoms with Gasteiger partial charge in [0.05, 0.1) is 6.61 Å². The van der Waals surface area contributed by atoms with E-state index in [1.165, 1.54) is 6.21 Å². The van der Waals surface area contributed by atoms with Crippen molar-refractivity contribution < 1.29 is 5.11 Å². The molecule has 0 radical (unpaired) electrons. The zero-order chi connectivity index (χ0) is 9.68. The highest BCUT2D eigenvalue weighted by atomic mass is 16.3. The summed E-state index contributed by atoms with van der Waals surface area (Å²) in [4.78, 5) is 0. The van der Waals surface area contributed by atoms with Crippen molar-refractivity contribution in [1.82, 2.24) is 0 Å². The van der Waals surface area contributed by atoms with Crippen molar-refractivity contribution in [1.29, 1.82) is 5.41 Å². The quantitative estimate of drug-likeness (QED) is 0.613. The van der Waals surface area contributed by atoms with Crippen molar-refractivity contribution in [2.75, 3.05) is 11.9 Å². The number of aliphatic hydroxyl groups excluding tert-OH is 1. The minimum Gasteiger partial charge on any atom is -0.392 e.